The molecule has 1 aromatic rings. The minimum Gasteiger partial charge on any atom is -0.273 e. The minimum absolute atomic E-state index is 0.00102. The van der Waals surface area contributed by atoms with Gasteiger partial charge in [0.25, 0.3) is 0 Å². The number of benzene rings is 1. The summed E-state index contributed by atoms with van der Waals surface area (Å²) in [6.07, 6.45) is 3.09. The summed E-state index contributed by atoms with van der Waals surface area (Å²) in [5, 5.41) is 0.00102. The van der Waals surface area contributed by atoms with Gasteiger partial charge in [0.2, 0.25) is 5.91 Å². The molecule has 0 radical (unpaired) electrons. The molecule has 0 spiro atoms. The zero-order valence-electron chi connectivity index (χ0n) is 10.1. The van der Waals surface area contributed by atoms with Gasteiger partial charge in [-0.2, -0.15) is 0 Å². The van der Waals surface area contributed by atoms with Crippen LogP contribution in [0.1, 0.15) is 26.2 Å². The lowest BCUT2D eigenvalue weighted by molar-refractivity contribution is -0.117. The number of hydrogen-bond acceptors (Lipinski definition) is 3. The van der Waals surface area contributed by atoms with Crippen molar-refractivity contribution in [2.75, 3.05) is 4.90 Å². The fraction of sp³-hybridized carbons (Fsp3) is 0.385. The van der Waals surface area contributed by atoms with E-state index in [4.69, 9.17) is 12.2 Å². The Labute approximate surface area is 125 Å². The van der Waals surface area contributed by atoms with Crippen molar-refractivity contribution >= 4 is 55.8 Å². The molecule has 0 aromatic heterocycles. The van der Waals surface area contributed by atoms with Crippen LogP contribution in [0, 0.1) is 0 Å². The SMILES string of the molecule is CCCCC1SC(=S)N(c2ccc(Br)cc2)C1=O. The van der Waals surface area contributed by atoms with Gasteiger partial charge >= 0.3 is 0 Å². The summed E-state index contributed by atoms with van der Waals surface area (Å²) >= 11 is 10.2. The van der Waals surface area contributed by atoms with Gasteiger partial charge in [-0.05, 0) is 30.7 Å². The molecule has 1 aliphatic rings. The number of thiocarbonyl (C=S) groups is 1. The zero-order valence-corrected chi connectivity index (χ0v) is 13.3. The van der Waals surface area contributed by atoms with Gasteiger partial charge in [0, 0.05) is 4.47 Å². The third-order valence-corrected chi connectivity index (χ3v) is 4.93. The number of hydrogen-bond donors (Lipinski definition) is 0. The van der Waals surface area contributed by atoms with Crippen LogP contribution in [0.15, 0.2) is 28.7 Å². The van der Waals surface area contributed by atoms with E-state index in [9.17, 15) is 4.79 Å². The van der Waals surface area contributed by atoms with Crippen molar-refractivity contribution in [2.24, 2.45) is 0 Å². The number of unbranched alkanes of at least 4 members (excludes halogenated alkanes) is 1. The lowest BCUT2D eigenvalue weighted by Crippen LogP contribution is -2.31. The molecule has 0 N–H and O–H groups in total. The number of anilines is 1. The van der Waals surface area contributed by atoms with Crippen LogP contribution in [-0.2, 0) is 4.79 Å². The molecule has 1 amide bonds. The fourth-order valence-electron chi connectivity index (χ4n) is 1.85. The highest BCUT2D eigenvalue weighted by Gasteiger charge is 2.37. The molecule has 5 heteroatoms. The molecular weight excluding hydrogens is 330 g/mol. The Balaban J connectivity index is 2.16. The van der Waals surface area contributed by atoms with Crippen molar-refractivity contribution in [3.63, 3.8) is 0 Å². The molecule has 1 atom stereocenters. The highest BCUT2D eigenvalue weighted by molar-refractivity contribution is 9.10. The maximum absolute atomic E-state index is 12.3. The predicted molar refractivity (Wildman–Crippen MR) is 85.1 cm³/mol. The van der Waals surface area contributed by atoms with Crippen LogP contribution in [0.4, 0.5) is 5.69 Å². The van der Waals surface area contributed by atoms with Crippen molar-refractivity contribution < 1.29 is 4.79 Å². The Morgan fingerprint density at radius 3 is 2.67 bits per heavy atom. The van der Waals surface area contributed by atoms with Crippen LogP contribution in [0.25, 0.3) is 0 Å². The number of carbonyl (C=O) groups excluding carboxylic acids is 1. The molecule has 0 bridgehead atoms. The number of nitrogens with zero attached hydrogens (tertiary/aromatic N) is 1. The third kappa shape index (κ3) is 2.95. The van der Waals surface area contributed by atoms with Gasteiger partial charge in [0.15, 0.2) is 0 Å². The molecule has 1 aromatic carbocycles. The second-order valence-electron chi connectivity index (χ2n) is 4.16. The third-order valence-electron chi connectivity index (χ3n) is 2.83. The highest BCUT2D eigenvalue weighted by atomic mass is 79.9. The average molecular weight is 344 g/mol. The fourth-order valence-corrected chi connectivity index (χ4v) is 3.70. The Hall–Kier alpha value is -0.390. The van der Waals surface area contributed by atoms with Crippen LogP contribution in [0.5, 0.6) is 0 Å². The van der Waals surface area contributed by atoms with E-state index in [-0.39, 0.29) is 11.2 Å². The first-order chi connectivity index (χ1) is 8.63. The molecule has 1 saturated heterocycles. The Kier molecular flexibility index (Phi) is 4.81. The number of thioether (sulfide) groups is 1. The van der Waals surface area contributed by atoms with E-state index >= 15 is 0 Å². The summed E-state index contributed by atoms with van der Waals surface area (Å²) in [5.41, 5.74) is 0.861. The van der Waals surface area contributed by atoms with E-state index in [0.29, 0.717) is 4.32 Å². The molecule has 2 nitrogen and oxygen atoms in total. The van der Waals surface area contributed by atoms with E-state index in [2.05, 4.69) is 22.9 Å². The maximum atomic E-state index is 12.3. The predicted octanol–water partition coefficient (Wildman–Crippen LogP) is 4.37. The standard InChI is InChI=1S/C13H14BrNOS2/c1-2-3-4-11-12(16)15(13(17)18-11)10-7-5-9(14)6-8-10/h5-8,11H,2-4H2,1H3. The molecule has 1 heterocycles. The smallest absolute Gasteiger partial charge is 0.246 e. The Morgan fingerprint density at radius 2 is 2.06 bits per heavy atom. The number of carbonyl (C=O) groups is 1. The molecule has 2 rings (SSSR count). The monoisotopic (exact) mass is 343 g/mol. The summed E-state index contributed by atoms with van der Waals surface area (Å²) in [5.74, 6) is 0.126. The molecule has 0 saturated carbocycles. The van der Waals surface area contributed by atoms with Crippen molar-refractivity contribution in [3.8, 4) is 0 Å². The van der Waals surface area contributed by atoms with E-state index in [0.717, 1.165) is 29.4 Å². The lowest BCUT2D eigenvalue weighted by Gasteiger charge is -2.15. The number of rotatable bonds is 4. The first-order valence-corrected chi connectivity index (χ1v) is 8.01. The average Bonchev–Trinajstić information content (AvgIpc) is 2.63. The van der Waals surface area contributed by atoms with Crippen LogP contribution >= 0.6 is 39.9 Å². The second kappa shape index (κ2) is 6.17. The summed E-state index contributed by atoms with van der Waals surface area (Å²) in [6, 6.07) is 7.68. The molecule has 96 valence electrons. The normalized spacial score (nSPS) is 19.7. The summed E-state index contributed by atoms with van der Waals surface area (Å²) in [7, 11) is 0. The molecule has 1 fully saturated rings. The summed E-state index contributed by atoms with van der Waals surface area (Å²) < 4.78 is 1.67. The summed E-state index contributed by atoms with van der Waals surface area (Å²) in [4.78, 5) is 14.0. The van der Waals surface area contributed by atoms with Crippen LogP contribution < -0.4 is 4.90 Å². The van der Waals surface area contributed by atoms with Crippen LogP contribution in [0.2, 0.25) is 0 Å². The zero-order chi connectivity index (χ0) is 13.1. The van der Waals surface area contributed by atoms with Crippen LogP contribution in [-0.4, -0.2) is 15.5 Å². The van der Waals surface area contributed by atoms with Crippen molar-refractivity contribution in [1.82, 2.24) is 0 Å². The van der Waals surface area contributed by atoms with Crippen LogP contribution in [0.3, 0.4) is 0 Å². The Morgan fingerprint density at radius 1 is 1.39 bits per heavy atom. The molecule has 1 aliphatic heterocycles. The highest BCUT2D eigenvalue weighted by Crippen LogP contribution is 2.34. The van der Waals surface area contributed by atoms with Crippen molar-refractivity contribution in [3.05, 3.63) is 28.7 Å². The number of halogens is 1. The van der Waals surface area contributed by atoms with Gasteiger partial charge in [0.1, 0.15) is 4.32 Å². The largest absolute Gasteiger partial charge is 0.273 e. The quantitative estimate of drug-likeness (QED) is 0.757. The second-order valence-corrected chi connectivity index (χ2v) is 6.92. The lowest BCUT2D eigenvalue weighted by atomic mass is 10.2. The van der Waals surface area contributed by atoms with E-state index in [1.807, 2.05) is 24.3 Å². The Bertz CT molecular complexity index is 461. The molecular formula is C13H14BrNOS2. The first kappa shape index (κ1) is 14.0. The van der Waals surface area contributed by atoms with E-state index < -0.39 is 0 Å². The number of amides is 1. The summed E-state index contributed by atoms with van der Waals surface area (Å²) in [6.45, 7) is 2.13. The molecule has 1 unspecified atom stereocenters. The van der Waals surface area contributed by atoms with Gasteiger partial charge in [-0.15, -0.1) is 0 Å². The molecule has 0 aliphatic carbocycles. The van der Waals surface area contributed by atoms with Crippen molar-refractivity contribution in [1.29, 1.82) is 0 Å². The van der Waals surface area contributed by atoms with E-state index in [1.54, 1.807) is 4.90 Å². The maximum Gasteiger partial charge on any atom is 0.246 e. The van der Waals surface area contributed by atoms with Crippen molar-refractivity contribution in [2.45, 2.75) is 31.4 Å². The minimum atomic E-state index is 0.00102. The first-order valence-electron chi connectivity index (χ1n) is 5.93. The topological polar surface area (TPSA) is 20.3 Å². The van der Waals surface area contributed by atoms with Gasteiger partial charge in [-0.1, -0.05) is 59.7 Å². The van der Waals surface area contributed by atoms with Gasteiger partial charge in [-0.3, -0.25) is 9.69 Å². The van der Waals surface area contributed by atoms with Gasteiger partial charge in [0.05, 0.1) is 10.9 Å². The van der Waals surface area contributed by atoms with Gasteiger partial charge in [-0.25, -0.2) is 0 Å². The van der Waals surface area contributed by atoms with Gasteiger partial charge < -0.3 is 0 Å². The van der Waals surface area contributed by atoms with E-state index in [1.165, 1.54) is 11.8 Å². The molecule has 18 heavy (non-hydrogen) atoms.